The maximum atomic E-state index is 12.7. The van der Waals surface area contributed by atoms with E-state index >= 15 is 0 Å². The van der Waals surface area contributed by atoms with Gasteiger partial charge >= 0.3 is 5.97 Å². The highest BCUT2D eigenvalue weighted by Crippen LogP contribution is 2.61. The Hall–Kier alpha value is -1.26. The highest BCUT2D eigenvalue weighted by atomic mass is 35.5. The molecule has 148 valence electrons. The van der Waals surface area contributed by atoms with E-state index < -0.39 is 0 Å². The summed E-state index contributed by atoms with van der Waals surface area (Å²) in [5.41, 5.74) is 1.87. The number of pyridine rings is 1. The summed E-state index contributed by atoms with van der Waals surface area (Å²) < 4.78 is 5.67. The van der Waals surface area contributed by atoms with Gasteiger partial charge in [0.2, 0.25) is 0 Å². The third-order valence-corrected chi connectivity index (χ3v) is 8.18. The quantitative estimate of drug-likeness (QED) is 0.328. The fraction of sp³-hybridized carbons (Fsp3) is 0.565. The van der Waals surface area contributed by atoms with Crippen LogP contribution in [0.15, 0.2) is 29.2 Å². The second-order valence-corrected chi connectivity index (χ2v) is 10.5. The summed E-state index contributed by atoms with van der Waals surface area (Å²) in [6.07, 6.45) is 10.5. The molecular formula is C23H26ClNO2S. The number of ether oxygens (including phenoxy) is 1. The first-order valence-corrected chi connectivity index (χ1v) is 11.9. The van der Waals surface area contributed by atoms with Crippen LogP contribution in [0.1, 0.15) is 50.5 Å². The van der Waals surface area contributed by atoms with E-state index in [-0.39, 0.29) is 18.0 Å². The van der Waals surface area contributed by atoms with Crippen LogP contribution in [0.25, 0.3) is 10.9 Å². The Bertz CT molecular complexity index is 893. The molecule has 0 aliphatic heterocycles. The fourth-order valence-electron chi connectivity index (χ4n) is 6.42. The first-order chi connectivity index (χ1) is 13.5. The zero-order chi connectivity index (χ0) is 19.3. The Morgan fingerprint density at radius 2 is 1.86 bits per heavy atom. The number of esters is 1. The molecule has 0 spiro atoms. The van der Waals surface area contributed by atoms with Gasteiger partial charge in [0.15, 0.2) is 0 Å². The first-order valence-electron chi connectivity index (χ1n) is 10.3. The van der Waals surface area contributed by atoms with E-state index in [1.807, 2.05) is 24.5 Å². The number of hydrogen-bond acceptors (Lipinski definition) is 4. The van der Waals surface area contributed by atoms with Gasteiger partial charge in [-0.15, -0.1) is 11.8 Å². The number of hydrogen-bond donors (Lipinski definition) is 0. The van der Waals surface area contributed by atoms with Crippen LogP contribution in [0.2, 0.25) is 5.15 Å². The summed E-state index contributed by atoms with van der Waals surface area (Å²) in [4.78, 5) is 18.3. The normalized spacial score (nSPS) is 30.7. The molecule has 4 saturated carbocycles. The summed E-state index contributed by atoms with van der Waals surface area (Å²) in [6.45, 7) is 0.206. The lowest BCUT2D eigenvalue weighted by Gasteiger charge is -2.56. The number of carbonyl (C=O) groups excluding carboxylic acids is 1. The minimum atomic E-state index is -0.0733. The monoisotopic (exact) mass is 415 g/mol. The number of aromatic nitrogens is 1. The second-order valence-electron chi connectivity index (χ2n) is 9.25. The molecule has 0 atom stereocenters. The maximum absolute atomic E-state index is 12.7. The third kappa shape index (κ3) is 3.54. The zero-order valence-corrected chi connectivity index (χ0v) is 17.8. The average molecular weight is 416 g/mol. The summed E-state index contributed by atoms with van der Waals surface area (Å²) in [5, 5.41) is 1.45. The van der Waals surface area contributed by atoms with Crippen LogP contribution in [-0.4, -0.2) is 17.2 Å². The molecule has 4 aliphatic carbocycles. The fourth-order valence-corrected chi connectivity index (χ4v) is 7.05. The highest BCUT2D eigenvalue weighted by molar-refractivity contribution is 7.98. The minimum absolute atomic E-state index is 0.0733. The highest BCUT2D eigenvalue weighted by Gasteiger charge is 2.51. The van der Waals surface area contributed by atoms with Gasteiger partial charge in [-0.25, -0.2) is 4.98 Å². The van der Waals surface area contributed by atoms with Crippen molar-refractivity contribution in [3.8, 4) is 0 Å². The lowest BCUT2D eigenvalue weighted by molar-refractivity contribution is -0.153. The number of halogens is 1. The van der Waals surface area contributed by atoms with Crippen molar-refractivity contribution in [2.45, 2.75) is 56.4 Å². The number of fused-ring (bicyclic) bond motifs is 1. The predicted molar refractivity (Wildman–Crippen MR) is 114 cm³/mol. The number of nitrogens with zero attached hydrogens (tertiary/aromatic N) is 1. The number of thioether (sulfide) groups is 1. The van der Waals surface area contributed by atoms with E-state index in [0.717, 1.165) is 39.1 Å². The lowest BCUT2D eigenvalue weighted by Crippen LogP contribution is -2.47. The molecule has 4 bridgehead atoms. The molecule has 5 heteroatoms. The maximum Gasteiger partial charge on any atom is 0.306 e. The average Bonchev–Trinajstić information content (AvgIpc) is 2.64. The largest absolute Gasteiger partial charge is 0.461 e. The van der Waals surface area contributed by atoms with Crippen molar-refractivity contribution in [3.05, 3.63) is 35.0 Å². The molecule has 28 heavy (non-hydrogen) atoms. The lowest BCUT2D eigenvalue weighted by atomic mass is 9.49. The van der Waals surface area contributed by atoms with Crippen LogP contribution in [0.3, 0.4) is 0 Å². The molecule has 0 unspecified atom stereocenters. The molecule has 2 aromatic rings. The Morgan fingerprint density at radius 1 is 1.18 bits per heavy atom. The van der Waals surface area contributed by atoms with Gasteiger partial charge in [0.1, 0.15) is 11.8 Å². The second kappa shape index (κ2) is 7.21. The predicted octanol–water partition coefficient (Wildman–Crippen LogP) is 6.26. The summed E-state index contributed by atoms with van der Waals surface area (Å²) in [6, 6.07) is 8.15. The van der Waals surface area contributed by atoms with Gasteiger partial charge in [-0.05, 0) is 86.1 Å². The smallest absolute Gasteiger partial charge is 0.306 e. The topological polar surface area (TPSA) is 39.2 Å². The van der Waals surface area contributed by atoms with Crippen LogP contribution >= 0.6 is 23.4 Å². The molecule has 0 saturated heterocycles. The molecule has 0 radical (unpaired) electrons. The Balaban J connectivity index is 1.26. The van der Waals surface area contributed by atoms with Crippen LogP contribution in [-0.2, 0) is 16.1 Å². The SMILES string of the molecule is CSc1ccc2cc(COC(=O)CC34CC5CC(CC(C5)C3)C4)c(Cl)nc2c1. The molecule has 1 aromatic carbocycles. The van der Waals surface area contributed by atoms with E-state index in [0.29, 0.717) is 11.6 Å². The van der Waals surface area contributed by atoms with Gasteiger partial charge in [-0.2, -0.15) is 0 Å². The van der Waals surface area contributed by atoms with Gasteiger partial charge in [-0.3, -0.25) is 4.79 Å². The molecule has 1 heterocycles. The molecule has 6 rings (SSSR count). The van der Waals surface area contributed by atoms with Crippen molar-refractivity contribution in [3.63, 3.8) is 0 Å². The van der Waals surface area contributed by atoms with Gasteiger partial charge < -0.3 is 4.74 Å². The van der Waals surface area contributed by atoms with Crippen molar-refractivity contribution in [1.29, 1.82) is 0 Å². The van der Waals surface area contributed by atoms with Gasteiger partial charge in [-0.1, -0.05) is 17.7 Å². The molecule has 1 aromatic heterocycles. The Kier molecular flexibility index (Phi) is 4.83. The molecule has 0 amide bonds. The number of carbonyl (C=O) groups is 1. The van der Waals surface area contributed by atoms with Gasteiger partial charge in [0, 0.05) is 15.8 Å². The summed E-state index contributed by atoms with van der Waals surface area (Å²) >= 11 is 8.05. The Labute approximate surface area is 175 Å². The molecule has 0 N–H and O–H groups in total. The number of benzene rings is 1. The first kappa shape index (κ1) is 18.7. The van der Waals surface area contributed by atoms with Crippen molar-refractivity contribution in [2.24, 2.45) is 23.2 Å². The van der Waals surface area contributed by atoms with Gasteiger partial charge in [0.05, 0.1) is 11.9 Å². The van der Waals surface area contributed by atoms with E-state index in [9.17, 15) is 4.79 Å². The molecule has 3 nitrogen and oxygen atoms in total. The van der Waals surface area contributed by atoms with E-state index in [4.69, 9.17) is 16.3 Å². The van der Waals surface area contributed by atoms with Crippen LogP contribution < -0.4 is 0 Å². The van der Waals surface area contributed by atoms with Crippen molar-refractivity contribution >= 4 is 40.2 Å². The van der Waals surface area contributed by atoms with Gasteiger partial charge in [0.25, 0.3) is 0 Å². The van der Waals surface area contributed by atoms with E-state index in [2.05, 4.69) is 11.1 Å². The zero-order valence-electron chi connectivity index (χ0n) is 16.2. The van der Waals surface area contributed by atoms with Crippen LogP contribution in [0.4, 0.5) is 0 Å². The molecule has 4 fully saturated rings. The van der Waals surface area contributed by atoms with E-state index in [1.54, 1.807) is 11.8 Å². The van der Waals surface area contributed by atoms with Crippen LogP contribution in [0, 0.1) is 23.2 Å². The van der Waals surface area contributed by atoms with Crippen LogP contribution in [0.5, 0.6) is 0 Å². The molecule has 4 aliphatic rings. The van der Waals surface area contributed by atoms with Crippen molar-refractivity contribution in [2.75, 3.05) is 6.26 Å². The van der Waals surface area contributed by atoms with Crippen molar-refractivity contribution < 1.29 is 9.53 Å². The third-order valence-electron chi connectivity index (χ3n) is 7.12. The standard InChI is InChI=1S/C23H26ClNO2S/c1-28-19-3-2-17-7-18(22(24)25-20(17)8-19)13-27-21(26)12-23-9-14-4-15(10-23)6-16(5-14)11-23/h2-3,7-8,14-16H,4-6,9-13H2,1H3. The Morgan fingerprint density at radius 3 is 2.50 bits per heavy atom. The van der Waals surface area contributed by atoms with Crippen molar-refractivity contribution in [1.82, 2.24) is 4.98 Å². The number of rotatable bonds is 5. The van der Waals surface area contributed by atoms with E-state index in [1.165, 1.54) is 38.5 Å². The summed E-state index contributed by atoms with van der Waals surface area (Å²) in [5.74, 6) is 2.48. The summed E-state index contributed by atoms with van der Waals surface area (Å²) in [7, 11) is 0. The minimum Gasteiger partial charge on any atom is -0.461 e. The molecular weight excluding hydrogens is 390 g/mol.